The predicted molar refractivity (Wildman–Crippen MR) is 84.8 cm³/mol. The van der Waals surface area contributed by atoms with E-state index in [1.807, 2.05) is 54.6 Å². The van der Waals surface area contributed by atoms with Crippen molar-refractivity contribution in [2.75, 3.05) is 0 Å². The Morgan fingerprint density at radius 2 is 1.57 bits per heavy atom. The molecule has 1 aliphatic rings. The van der Waals surface area contributed by atoms with Gasteiger partial charge in [-0.05, 0) is 16.7 Å². The summed E-state index contributed by atoms with van der Waals surface area (Å²) in [4.78, 5) is 30.6. The van der Waals surface area contributed by atoms with Crippen molar-refractivity contribution in [2.24, 2.45) is 5.90 Å². The first-order valence-corrected chi connectivity index (χ1v) is 7.49. The highest BCUT2D eigenvalue weighted by molar-refractivity contribution is 5.88. The van der Waals surface area contributed by atoms with Crippen molar-refractivity contribution in [3.63, 3.8) is 0 Å². The highest BCUT2D eigenvalue weighted by atomic mass is 16.7. The minimum Gasteiger partial charge on any atom is -0.373 e. The second kappa shape index (κ2) is 6.62. The smallest absolute Gasteiger partial charge is 0.325 e. The van der Waals surface area contributed by atoms with E-state index < -0.39 is 11.9 Å². The fourth-order valence-corrected chi connectivity index (χ4v) is 2.96. The summed E-state index contributed by atoms with van der Waals surface area (Å²) in [6.07, 6.45) is -0.0633. The number of hydrogen-bond donors (Lipinski definition) is 1. The summed E-state index contributed by atoms with van der Waals surface area (Å²) < 4.78 is 0. The van der Waals surface area contributed by atoms with Gasteiger partial charge in [0.2, 0.25) is 5.91 Å². The topological polar surface area (TPSA) is 72.6 Å². The Kier molecular flexibility index (Phi) is 4.39. The predicted octanol–water partition coefficient (Wildman–Crippen LogP) is 2.12. The Morgan fingerprint density at radius 1 is 1.00 bits per heavy atom. The van der Waals surface area contributed by atoms with Gasteiger partial charge in [0.15, 0.2) is 0 Å². The molecule has 1 heterocycles. The van der Waals surface area contributed by atoms with Gasteiger partial charge in [-0.3, -0.25) is 9.59 Å². The van der Waals surface area contributed by atoms with Gasteiger partial charge in [-0.15, -0.1) is 0 Å². The second-order valence-corrected chi connectivity index (χ2v) is 5.62. The van der Waals surface area contributed by atoms with Crippen LogP contribution in [0.25, 0.3) is 0 Å². The number of fused-ring (bicyclic) bond motifs is 1. The standard InChI is InChI=1S/C18H18N2O3/c19-23-17(21)10-16(13-6-2-1-3-7-13)18(22)20-11-14-8-4-5-9-15(14)12-20/h1-9,16H,10-12,19H2. The number of nitrogens with zero attached hydrogens (tertiary/aromatic N) is 1. The second-order valence-electron chi connectivity index (χ2n) is 5.62. The highest BCUT2D eigenvalue weighted by Gasteiger charge is 2.31. The average Bonchev–Trinajstić information content (AvgIpc) is 3.03. The van der Waals surface area contributed by atoms with E-state index in [1.165, 1.54) is 0 Å². The number of hydrogen-bond acceptors (Lipinski definition) is 4. The Hall–Kier alpha value is -2.66. The molecule has 23 heavy (non-hydrogen) atoms. The van der Waals surface area contributed by atoms with Crippen LogP contribution in [-0.2, 0) is 27.5 Å². The van der Waals surface area contributed by atoms with Crippen molar-refractivity contribution in [3.8, 4) is 0 Å². The largest absolute Gasteiger partial charge is 0.373 e. The van der Waals surface area contributed by atoms with Gasteiger partial charge in [-0.25, -0.2) is 0 Å². The molecule has 2 N–H and O–H groups in total. The lowest BCUT2D eigenvalue weighted by Crippen LogP contribution is -2.32. The molecule has 0 saturated carbocycles. The SMILES string of the molecule is NOC(=O)CC(C(=O)N1Cc2ccccc2C1)c1ccccc1. The van der Waals surface area contributed by atoms with Crippen LogP contribution < -0.4 is 5.90 Å². The van der Waals surface area contributed by atoms with Crippen molar-refractivity contribution in [1.82, 2.24) is 4.90 Å². The van der Waals surface area contributed by atoms with Crippen molar-refractivity contribution in [1.29, 1.82) is 0 Å². The van der Waals surface area contributed by atoms with Crippen LogP contribution in [0.15, 0.2) is 54.6 Å². The monoisotopic (exact) mass is 310 g/mol. The third kappa shape index (κ3) is 3.24. The summed E-state index contributed by atoms with van der Waals surface area (Å²) in [5.74, 6) is 3.69. The summed E-state index contributed by atoms with van der Waals surface area (Å²) in [5, 5.41) is 0. The Bertz CT molecular complexity index is 690. The van der Waals surface area contributed by atoms with Gasteiger partial charge in [0, 0.05) is 13.1 Å². The van der Waals surface area contributed by atoms with E-state index in [2.05, 4.69) is 4.84 Å². The molecule has 118 valence electrons. The molecule has 0 radical (unpaired) electrons. The van der Waals surface area contributed by atoms with Crippen LogP contribution in [0.2, 0.25) is 0 Å². The summed E-state index contributed by atoms with van der Waals surface area (Å²) in [6, 6.07) is 17.2. The number of rotatable bonds is 4. The van der Waals surface area contributed by atoms with Crippen molar-refractivity contribution >= 4 is 11.9 Å². The molecule has 0 fully saturated rings. The quantitative estimate of drug-likeness (QED) is 0.878. The van der Waals surface area contributed by atoms with Gasteiger partial charge in [0.05, 0.1) is 12.3 Å². The van der Waals surface area contributed by atoms with Crippen molar-refractivity contribution in [2.45, 2.75) is 25.4 Å². The molecule has 0 spiro atoms. The van der Waals surface area contributed by atoms with Gasteiger partial charge in [-0.2, -0.15) is 5.90 Å². The van der Waals surface area contributed by atoms with E-state index in [1.54, 1.807) is 4.90 Å². The first-order chi connectivity index (χ1) is 11.2. The van der Waals surface area contributed by atoms with Crippen LogP contribution in [0.5, 0.6) is 0 Å². The first-order valence-electron chi connectivity index (χ1n) is 7.49. The Labute approximate surface area is 134 Å². The van der Waals surface area contributed by atoms with Crippen LogP contribution in [0, 0.1) is 0 Å². The lowest BCUT2D eigenvalue weighted by Gasteiger charge is -2.22. The summed E-state index contributed by atoms with van der Waals surface area (Å²) in [7, 11) is 0. The molecule has 1 atom stereocenters. The fraction of sp³-hybridized carbons (Fsp3) is 0.222. The zero-order valence-electron chi connectivity index (χ0n) is 12.6. The third-order valence-corrected chi connectivity index (χ3v) is 4.15. The zero-order valence-corrected chi connectivity index (χ0v) is 12.6. The van der Waals surface area contributed by atoms with Crippen LogP contribution in [-0.4, -0.2) is 16.8 Å². The van der Waals surface area contributed by atoms with Gasteiger partial charge in [0.1, 0.15) is 0 Å². The molecule has 1 amide bonds. The number of benzene rings is 2. The molecular weight excluding hydrogens is 292 g/mol. The molecule has 3 rings (SSSR count). The van der Waals surface area contributed by atoms with E-state index in [9.17, 15) is 9.59 Å². The Balaban J connectivity index is 1.83. The molecule has 1 unspecified atom stereocenters. The summed E-state index contributed by atoms with van der Waals surface area (Å²) in [6.45, 7) is 1.13. The van der Waals surface area contributed by atoms with Crippen molar-refractivity contribution < 1.29 is 14.4 Å². The van der Waals surface area contributed by atoms with Crippen molar-refractivity contribution in [3.05, 3.63) is 71.3 Å². The number of amides is 1. The van der Waals surface area contributed by atoms with Gasteiger partial charge < -0.3 is 9.74 Å². The molecule has 0 aromatic heterocycles. The molecule has 0 aliphatic carbocycles. The maximum Gasteiger partial charge on any atom is 0.325 e. The number of carbonyl (C=O) groups is 2. The molecule has 2 aromatic rings. The number of carbonyl (C=O) groups excluding carboxylic acids is 2. The minimum absolute atomic E-state index is 0.0633. The Morgan fingerprint density at radius 3 is 2.13 bits per heavy atom. The van der Waals surface area contributed by atoms with E-state index in [0.29, 0.717) is 13.1 Å². The zero-order chi connectivity index (χ0) is 16.2. The summed E-state index contributed by atoms with van der Waals surface area (Å²) >= 11 is 0. The van der Waals surface area contributed by atoms with Gasteiger partial charge in [0.25, 0.3) is 0 Å². The number of nitrogens with two attached hydrogens (primary N) is 1. The highest BCUT2D eigenvalue weighted by Crippen LogP contribution is 2.29. The van der Waals surface area contributed by atoms with E-state index >= 15 is 0 Å². The fourth-order valence-electron chi connectivity index (χ4n) is 2.96. The van der Waals surface area contributed by atoms with Crippen LogP contribution >= 0.6 is 0 Å². The van der Waals surface area contributed by atoms with E-state index in [0.717, 1.165) is 16.7 Å². The van der Waals surface area contributed by atoms with E-state index in [-0.39, 0.29) is 12.3 Å². The maximum absolute atomic E-state index is 12.9. The lowest BCUT2D eigenvalue weighted by atomic mass is 9.94. The van der Waals surface area contributed by atoms with Crippen LogP contribution in [0.3, 0.4) is 0 Å². The van der Waals surface area contributed by atoms with Gasteiger partial charge in [-0.1, -0.05) is 54.6 Å². The van der Waals surface area contributed by atoms with Crippen LogP contribution in [0.1, 0.15) is 29.0 Å². The molecule has 5 heteroatoms. The molecular formula is C18H18N2O3. The molecule has 0 bridgehead atoms. The summed E-state index contributed by atoms with van der Waals surface area (Å²) in [5.41, 5.74) is 3.09. The van der Waals surface area contributed by atoms with E-state index in [4.69, 9.17) is 5.90 Å². The normalized spacial score (nSPS) is 14.2. The minimum atomic E-state index is -0.594. The average molecular weight is 310 g/mol. The lowest BCUT2D eigenvalue weighted by molar-refractivity contribution is -0.147. The van der Waals surface area contributed by atoms with Crippen LogP contribution in [0.4, 0.5) is 0 Å². The molecule has 1 aliphatic heterocycles. The maximum atomic E-state index is 12.9. The molecule has 0 saturated heterocycles. The molecule has 5 nitrogen and oxygen atoms in total. The van der Waals surface area contributed by atoms with Gasteiger partial charge >= 0.3 is 5.97 Å². The first kappa shape index (κ1) is 15.2. The third-order valence-electron chi connectivity index (χ3n) is 4.15. The molecule has 2 aromatic carbocycles.